The van der Waals surface area contributed by atoms with Crippen molar-refractivity contribution in [2.24, 2.45) is 0 Å². The van der Waals surface area contributed by atoms with Crippen LogP contribution in [0.25, 0.3) is 11.1 Å². The average molecular weight is 339 g/mol. The summed E-state index contributed by atoms with van der Waals surface area (Å²) in [5.41, 5.74) is 1.59. The molecule has 0 radical (unpaired) electrons. The van der Waals surface area contributed by atoms with E-state index in [1.807, 2.05) is 0 Å². The second-order valence-electron chi connectivity index (χ2n) is 5.14. The molecular formula is C18H13NO4S. The largest absolute Gasteiger partial charge is 0.269 e. The molecule has 0 saturated heterocycles. The molecule has 0 spiro atoms. The van der Waals surface area contributed by atoms with E-state index in [4.69, 9.17) is 0 Å². The van der Waals surface area contributed by atoms with Gasteiger partial charge in [0.2, 0.25) is 9.84 Å². The van der Waals surface area contributed by atoms with Gasteiger partial charge in [-0.05, 0) is 47.5 Å². The Labute approximate surface area is 139 Å². The molecule has 3 aromatic carbocycles. The number of nitrogens with zero attached hydrogens (tertiary/aromatic N) is 1. The van der Waals surface area contributed by atoms with Crippen LogP contribution in [0.5, 0.6) is 0 Å². The number of hydrogen-bond acceptors (Lipinski definition) is 4. The summed E-state index contributed by atoms with van der Waals surface area (Å²) in [4.78, 5) is 10.7. The fourth-order valence-corrected chi connectivity index (χ4v) is 3.62. The van der Waals surface area contributed by atoms with Gasteiger partial charge in [-0.1, -0.05) is 30.3 Å². The van der Waals surface area contributed by atoms with Gasteiger partial charge in [0.05, 0.1) is 14.7 Å². The molecule has 0 aromatic heterocycles. The first-order chi connectivity index (χ1) is 11.5. The summed E-state index contributed by atoms with van der Waals surface area (Å²) in [5.74, 6) is 0. The Balaban J connectivity index is 1.92. The topological polar surface area (TPSA) is 77.3 Å². The average Bonchev–Trinajstić information content (AvgIpc) is 2.62. The van der Waals surface area contributed by atoms with Gasteiger partial charge in [-0.25, -0.2) is 8.42 Å². The highest BCUT2D eigenvalue weighted by Crippen LogP contribution is 2.26. The van der Waals surface area contributed by atoms with E-state index < -0.39 is 14.8 Å². The number of hydrogen-bond donors (Lipinski definition) is 0. The third-order valence-electron chi connectivity index (χ3n) is 3.63. The minimum Gasteiger partial charge on any atom is -0.258 e. The summed E-state index contributed by atoms with van der Waals surface area (Å²) in [6.07, 6.45) is 0. The van der Waals surface area contributed by atoms with Crippen molar-refractivity contribution in [3.8, 4) is 11.1 Å². The third kappa shape index (κ3) is 3.04. The molecular weight excluding hydrogens is 326 g/mol. The molecule has 5 nitrogen and oxygen atoms in total. The molecule has 0 atom stereocenters. The summed E-state index contributed by atoms with van der Waals surface area (Å²) < 4.78 is 25.1. The van der Waals surface area contributed by atoms with Crippen LogP contribution in [0.4, 0.5) is 5.69 Å². The minimum absolute atomic E-state index is 0.0158. The highest BCUT2D eigenvalue weighted by atomic mass is 32.2. The zero-order chi connectivity index (χ0) is 17.2. The molecule has 24 heavy (non-hydrogen) atoms. The van der Waals surface area contributed by atoms with Crippen LogP contribution < -0.4 is 0 Å². The van der Waals surface area contributed by atoms with Crippen LogP contribution in [-0.4, -0.2) is 13.3 Å². The lowest BCUT2D eigenvalue weighted by Gasteiger charge is -2.06. The van der Waals surface area contributed by atoms with Crippen molar-refractivity contribution in [1.82, 2.24) is 0 Å². The van der Waals surface area contributed by atoms with Crippen LogP contribution >= 0.6 is 0 Å². The summed E-state index contributed by atoms with van der Waals surface area (Å²) in [7, 11) is -3.55. The molecule has 0 heterocycles. The van der Waals surface area contributed by atoms with Crippen molar-refractivity contribution < 1.29 is 13.3 Å². The molecule has 0 aliphatic carbocycles. The van der Waals surface area contributed by atoms with Crippen molar-refractivity contribution in [2.75, 3.05) is 0 Å². The van der Waals surface area contributed by atoms with E-state index >= 15 is 0 Å². The van der Waals surface area contributed by atoms with Crippen molar-refractivity contribution in [3.63, 3.8) is 0 Å². The Hall–Kier alpha value is -2.99. The van der Waals surface area contributed by atoms with E-state index in [1.54, 1.807) is 66.7 Å². The lowest BCUT2D eigenvalue weighted by Crippen LogP contribution is -2.01. The molecule has 0 amide bonds. The molecule has 0 N–H and O–H groups in total. The monoisotopic (exact) mass is 339 g/mol. The fraction of sp³-hybridized carbons (Fsp3) is 0. The first-order valence-electron chi connectivity index (χ1n) is 7.13. The van der Waals surface area contributed by atoms with E-state index in [0.29, 0.717) is 0 Å². The van der Waals surface area contributed by atoms with Gasteiger partial charge >= 0.3 is 0 Å². The highest BCUT2D eigenvalue weighted by Gasteiger charge is 2.17. The van der Waals surface area contributed by atoms with Crippen LogP contribution in [-0.2, 0) is 9.84 Å². The van der Waals surface area contributed by atoms with Gasteiger partial charge in [-0.2, -0.15) is 0 Å². The summed E-state index contributed by atoms with van der Waals surface area (Å²) in [6.45, 7) is 0. The Morgan fingerprint density at radius 2 is 1.12 bits per heavy atom. The highest BCUT2D eigenvalue weighted by molar-refractivity contribution is 7.91. The SMILES string of the molecule is O=[N+]([O-])c1ccc(-c2ccc(S(=O)(=O)c3ccccc3)cc2)cc1. The van der Waals surface area contributed by atoms with Crippen molar-refractivity contribution in [3.05, 3.63) is 89.0 Å². The van der Waals surface area contributed by atoms with Gasteiger partial charge in [0.15, 0.2) is 0 Å². The van der Waals surface area contributed by atoms with E-state index in [2.05, 4.69) is 0 Å². The van der Waals surface area contributed by atoms with Gasteiger partial charge < -0.3 is 0 Å². The summed E-state index contributed by atoms with van der Waals surface area (Å²) in [5, 5.41) is 10.7. The lowest BCUT2D eigenvalue weighted by molar-refractivity contribution is -0.384. The Morgan fingerprint density at radius 3 is 1.62 bits per heavy atom. The first kappa shape index (κ1) is 15.9. The molecule has 0 saturated carbocycles. The maximum atomic E-state index is 12.5. The molecule has 0 unspecified atom stereocenters. The maximum Gasteiger partial charge on any atom is 0.269 e. The number of rotatable bonds is 4. The lowest BCUT2D eigenvalue weighted by atomic mass is 10.1. The third-order valence-corrected chi connectivity index (χ3v) is 5.42. The standard InChI is InChI=1S/C18H13NO4S/c20-19(21)16-10-6-14(7-11-16)15-8-12-18(13-9-15)24(22,23)17-4-2-1-3-5-17/h1-13H. The van der Waals surface area contributed by atoms with Gasteiger partial charge in [-0.15, -0.1) is 0 Å². The zero-order valence-corrected chi connectivity index (χ0v) is 13.3. The van der Waals surface area contributed by atoms with Gasteiger partial charge in [-0.3, -0.25) is 10.1 Å². The molecule has 0 bridgehead atoms. The Kier molecular flexibility index (Phi) is 4.14. The van der Waals surface area contributed by atoms with E-state index in [-0.39, 0.29) is 15.5 Å². The van der Waals surface area contributed by atoms with Gasteiger partial charge in [0.1, 0.15) is 0 Å². The van der Waals surface area contributed by atoms with Gasteiger partial charge in [0, 0.05) is 12.1 Å². The predicted molar refractivity (Wildman–Crippen MR) is 90.4 cm³/mol. The van der Waals surface area contributed by atoms with Crippen LogP contribution in [0, 0.1) is 10.1 Å². The molecule has 0 fully saturated rings. The molecule has 6 heteroatoms. The van der Waals surface area contributed by atoms with Crippen molar-refractivity contribution >= 4 is 15.5 Å². The molecule has 3 aromatic rings. The van der Waals surface area contributed by atoms with Crippen molar-refractivity contribution in [1.29, 1.82) is 0 Å². The second kappa shape index (κ2) is 6.25. The summed E-state index contributed by atoms with van der Waals surface area (Å²) in [6, 6.07) is 20.8. The normalized spacial score (nSPS) is 11.2. The second-order valence-corrected chi connectivity index (χ2v) is 7.09. The van der Waals surface area contributed by atoms with Crippen LogP contribution in [0.15, 0.2) is 88.7 Å². The van der Waals surface area contributed by atoms with Crippen LogP contribution in [0.1, 0.15) is 0 Å². The first-order valence-corrected chi connectivity index (χ1v) is 8.62. The molecule has 0 aliphatic heterocycles. The van der Waals surface area contributed by atoms with Crippen LogP contribution in [0.3, 0.4) is 0 Å². The van der Waals surface area contributed by atoms with E-state index in [0.717, 1.165) is 11.1 Å². The number of nitro benzene ring substituents is 1. The molecule has 3 rings (SSSR count). The van der Waals surface area contributed by atoms with E-state index in [9.17, 15) is 18.5 Å². The number of non-ortho nitro benzene ring substituents is 1. The summed E-state index contributed by atoms with van der Waals surface area (Å²) >= 11 is 0. The molecule has 120 valence electrons. The van der Waals surface area contributed by atoms with Gasteiger partial charge in [0.25, 0.3) is 5.69 Å². The fourth-order valence-electron chi connectivity index (χ4n) is 2.34. The molecule has 0 aliphatic rings. The Morgan fingerprint density at radius 1 is 0.667 bits per heavy atom. The van der Waals surface area contributed by atoms with Crippen LogP contribution in [0.2, 0.25) is 0 Å². The number of sulfone groups is 1. The van der Waals surface area contributed by atoms with E-state index in [1.165, 1.54) is 12.1 Å². The minimum atomic E-state index is -3.55. The smallest absolute Gasteiger partial charge is 0.258 e. The number of benzene rings is 3. The zero-order valence-electron chi connectivity index (χ0n) is 12.5. The number of nitro groups is 1. The predicted octanol–water partition coefficient (Wildman–Crippen LogP) is 4.09. The maximum absolute atomic E-state index is 12.5. The van der Waals surface area contributed by atoms with Crippen molar-refractivity contribution in [2.45, 2.75) is 9.79 Å². The quantitative estimate of drug-likeness (QED) is 0.530. The Bertz CT molecular complexity index is 964.